The van der Waals surface area contributed by atoms with Crippen LogP contribution in [0.4, 0.5) is 4.39 Å². The Bertz CT molecular complexity index is 648. The lowest BCUT2D eigenvalue weighted by Crippen LogP contribution is -2.23. The van der Waals surface area contributed by atoms with E-state index in [9.17, 15) is 24.5 Å². The van der Waals surface area contributed by atoms with Crippen LogP contribution in [0.2, 0.25) is 0 Å². The number of unbranched alkanes of at least 4 members (excludes halogenated alkanes) is 2. The smallest absolute Gasteiger partial charge is 0.303 e. The fraction of sp³-hybridized carbons (Fsp3) is 0.591. The Morgan fingerprint density at radius 1 is 1.11 bits per heavy atom. The lowest BCUT2D eigenvalue weighted by molar-refractivity contribution is -0.137. The molecule has 0 heterocycles. The lowest BCUT2D eigenvalue weighted by atomic mass is 9.85. The highest BCUT2D eigenvalue weighted by Crippen LogP contribution is 2.39. The van der Waals surface area contributed by atoms with Crippen LogP contribution in [0, 0.1) is 17.7 Å². The van der Waals surface area contributed by atoms with E-state index in [0.717, 1.165) is 19.3 Å². The van der Waals surface area contributed by atoms with Crippen LogP contribution < -0.4 is 0 Å². The fourth-order valence-corrected chi connectivity index (χ4v) is 4.10. The molecule has 5 atom stereocenters. The Morgan fingerprint density at radius 2 is 1.79 bits per heavy atom. The summed E-state index contributed by atoms with van der Waals surface area (Å²) in [6, 6.07) is 6.34. The Balaban J connectivity index is 1.80. The maximum Gasteiger partial charge on any atom is 0.303 e. The van der Waals surface area contributed by atoms with Gasteiger partial charge in [-0.15, -0.1) is 0 Å². The number of aliphatic carboxylic acids is 1. The molecular formula is C22H31FO5. The quantitative estimate of drug-likeness (QED) is 0.432. The Kier molecular flexibility index (Phi) is 9.09. The van der Waals surface area contributed by atoms with Crippen molar-refractivity contribution in [3.63, 3.8) is 0 Å². The summed E-state index contributed by atoms with van der Waals surface area (Å²) in [6.45, 7) is 0. The third-order valence-corrected chi connectivity index (χ3v) is 5.65. The first-order valence-corrected chi connectivity index (χ1v) is 10.1. The summed E-state index contributed by atoms with van der Waals surface area (Å²) in [6.07, 6.45) is 5.64. The largest absolute Gasteiger partial charge is 0.481 e. The van der Waals surface area contributed by atoms with Crippen molar-refractivity contribution in [2.24, 2.45) is 11.8 Å². The van der Waals surface area contributed by atoms with E-state index in [2.05, 4.69) is 0 Å². The van der Waals surface area contributed by atoms with E-state index in [-0.39, 0.29) is 24.1 Å². The van der Waals surface area contributed by atoms with Gasteiger partial charge in [-0.2, -0.15) is 0 Å². The summed E-state index contributed by atoms with van der Waals surface area (Å²) in [7, 11) is 0. The summed E-state index contributed by atoms with van der Waals surface area (Å²) in [5.74, 6) is -1.27. The highest BCUT2D eigenvalue weighted by molar-refractivity contribution is 5.66. The number of rotatable bonds is 11. The van der Waals surface area contributed by atoms with Gasteiger partial charge in [0, 0.05) is 12.0 Å². The topological polar surface area (TPSA) is 98.0 Å². The second-order valence-electron chi connectivity index (χ2n) is 7.72. The van der Waals surface area contributed by atoms with Crippen molar-refractivity contribution in [1.82, 2.24) is 0 Å². The number of carboxylic acids is 1. The van der Waals surface area contributed by atoms with E-state index in [1.54, 1.807) is 30.4 Å². The van der Waals surface area contributed by atoms with Gasteiger partial charge in [-0.25, -0.2) is 4.39 Å². The number of halogens is 1. The molecule has 4 N–H and O–H groups in total. The van der Waals surface area contributed by atoms with Crippen LogP contribution >= 0.6 is 0 Å². The number of aliphatic hydroxyl groups is 3. The van der Waals surface area contributed by atoms with Gasteiger partial charge in [0.15, 0.2) is 0 Å². The molecule has 0 bridgehead atoms. The van der Waals surface area contributed by atoms with Crippen molar-refractivity contribution in [2.75, 3.05) is 0 Å². The second-order valence-corrected chi connectivity index (χ2v) is 7.72. The minimum absolute atomic E-state index is 0.0393. The molecule has 1 fully saturated rings. The fourth-order valence-electron chi connectivity index (χ4n) is 4.10. The van der Waals surface area contributed by atoms with Gasteiger partial charge >= 0.3 is 5.97 Å². The van der Waals surface area contributed by atoms with Gasteiger partial charge in [0.1, 0.15) is 5.82 Å². The first-order valence-electron chi connectivity index (χ1n) is 10.1. The number of aliphatic hydroxyl groups excluding tert-OH is 3. The van der Waals surface area contributed by atoms with Crippen LogP contribution in [-0.2, 0) is 4.79 Å². The number of benzene rings is 1. The molecule has 0 aliphatic heterocycles. The summed E-state index contributed by atoms with van der Waals surface area (Å²) >= 11 is 0. The van der Waals surface area contributed by atoms with E-state index >= 15 is 0 Å². The molecule has 0 radical (unpaired) electrons. The highest BCUT2D eigenvalue weighted by Gasteiger charge is 2.40. The summed E-state index contributed by atoms with van der Waals surface area (Å²) in [5, 5.41) is 39.4. The van der Waals surface area contributed by atoms with Crippen molar-refractivity contribution < 1.29 is 29.6 Å². The van der Waals surface area contributed by atoms with Gasteiger partial charge in [0.25, 0.3) is 0 Å². The van der Waals surface area contributed by atoms with Crippen molar-refractivity contribution in [2.45, 2.75) is 69.7 Å². The second kappa shape index (κ2) is 11.3. The van der Waals surface area contributed by atoms with Crippen molar-refractivity contribution in [3.8, 4) is 0 Å². The molecule has 1 saturated carbocycles. The van der Waals surface area contributed by atoms with E-state index in [1.165, 1.54) is 6.07 Å². The number of carboxylic acid groups (broad SMARTS) is 1. The van der Waals surface area contributed by atoms with Crippen molar-refractivity contribution in [1.29, 1.82) is 0 Å². The minimum Gasteiger partial charge on any atom is -0.481 e. The zero-order valence-corrected chi connectivity index (χ0v) is 16.1. The molecule has 6 heteroatoms. The zero-order chi connectivity index (χ0) is 20.5. The normalized spacial score (nSPS) is 26.0. The molecule has 1 aromatic carbocycles. The summed E-state index contributed by atoms with van der Waals surface area (Å²) in [5.41, 5.74) is 0.414. The average Bonchev–Trinajstić information content (AvgIpc) is 2.91. The Morgan fingerprint density at radius 3 is 2.46 bits per heavy atom. The van der Waals surface area contributed by atoms with E-state index in [4.69, 9.17) is 5.11 Å². The van der Waals surface area contributed by atoms with Crippen molar-refractivity contribution >= 4 is 12.0 Å². The van der Waals surface area contributed by atoms with Gasteiger partial charge in [-0.1, -0.05) is 43.2 Å². The molecule has 156 valence electrons. The number of hydrogen-bond donors (Lipinski definition) is 4. The molecule has 5 nitrogen and oxygen atoms in total. The molecular weight excluding hydrogens is 363 g/mol. The molecule has 28 heavy (non-hydrogen) atoms. The molecule has 0 saturated heterocycles. The van der Waals surface area contributed by atoms with Crippen LogP contribution in [0.5, 0.6) is 0 Å². The predicted octanol–water partition coefficient (Wildman–Crippen LogP) is 3.37. The lowest BCUT2D eigenvalue weighted by Gasteiger charge is -2.24. The minimum atomic E-state index is -0.799. The van der Waals surface area contributed by atoms with Crippen LogP contribution in [-0.4, -0.2) is 44.7 Å². The first kappa shape index (κ1) is 22.5. The maximum atomic E-state index is 13.6. The third-order valence-electron chi connectivity index (χ3n) is 5.65. The SMILES string of the molecule is O=C(O)CCCCC[C@@H]1[C@@H](CCC(O)/C=C/c2ccccc2F)[C@H](O)C[C@@H]1O. The monoisotopic (exact) mass is 394 g/mol. The van der Waals surface area contributed by atoms with Gasteiger partial charge < -0.3 is 20.4 Å². The van der Waals surface area contributed by atoms with Crippen LogP contribution in [0.15, 0.2) is 30.3 Å². The van der Waals surface area contributed by atoms with E-state index in [0.29, 0.717) is 31.2 Å². The van der Waals surface area contributed by atoms with Gasteiger partial charge in [0.05, 0.1) is 18.3 Å². The Hall–Kier alpha value is -1.76. The molecule has 0 spiro atoms. The average molecular weight is 394 g/mol. The standard InChI is InChI=1S/C22H31FO5/c23-19-8-5-4-6-15(19)10-11-16(24)12-13-18-17(20(25)14-21(18)26)7-2-1-3-9-22(27)28/h4-6,8,10-11,16-18,20-21,24-26H,1-3,7,9,12-14H2,(H,27,28)/b11-10+/t16?,17-,18-,20+,21-/m1/s1. The molecule has 1 aliphatic rings. The molecule has 1 aliphatic carbocycles. The molecule has 0 amide bonds. The van der Waals surface area contributed by atoms with Crippen LogP contribution in [0.1, 0.15) is 56.9 Å². The van der Waals surface area contributed by atoms with Crippen LogP contribution in [0.25, 0.3) is 6.08 Å². The number of hydrogen-bond acceptors (Lipinski definition) is 4. The van der Waals surface area contributed by atoms with Gasteiger partial charge in [-0.05, 0) is 50.0 Å². The Labute approximate surface area is 165 Å². The van der Waals surface area contributed by atoms with Crippen LogP contribution in [0.3, 0.4) is 0 Å². The van der Waals surface area contributed by atoms with E-state index in [1.807, 2.05) is 0 Å². The molecule has 0 aromatic heterocycles. The summed E-state index contributed by atoms with van der Waals surface area (Å²) in [4.78, 5) is 10.6. The van der Waals surface area contributed by atoms with Crippen molar-refractivity contribution in [3.05, 3.63) is 41.7 Å². The summed E-state index contributed by atoms with van der Waals surface area (Å²) < 4.78 is 13.6. The maximum absolute atomic E-state index is 13.6. The highest BCUT2D eigenvalue weighted by atomic mass is 19.1. The van der Waals surface area contributed by atoms with E-state index < -0.39 is 24.3 Å². The zero-order valence-electron chi connectivity index (χ0n) is 16.1. The molecule has 1 unspecified atom stereocenters. The molecule has 1 aromatic rings. The third kappa shape index (κ3) is 7.00. The molecule has 2 rings (SSSR count). The van der Waals surface area contributed by atoms with Gasteiger partial charge in [-0.3, -0.25) is 4.79 Å². The number of carbonyl (C=O) groups is 1. The first-order chi connectivity index (χ1) is 13.4. The van der Waals surface area contributed by atoms with Gasteiger partial charge in [0.2, 0.25) is 0 Å². The predicted molar refractivity (Wildman–Crippen MR) is 105 cm³/mol.